The van der Waals surface area contributed by atoms with E-state index < -0.39 is 17.7 Å². The zero-order valence-corrected chi connectivity index (χ0v) is 23.4. The van der Waals surface area contributed by atoms with E-state index in [-0.39, 0.29) is 17.3 Å². The van der Waals surface area contributed by atoms with E-state index in [4.69, 9.17) is 9.47 Å². The van der Waals surface area contributed by atoms with Gasteiger partial charge in [0.1, 0.15) is 17.3 Å². The third-order valence-electron chi connectivity index (χ3n) is 7.25. The first-order valence-electron chi connectivity index (χ1n) is 13.2. The van der Waals surface area contributed by atoms with Crippen LogP contribution in [-0.4, -0.2) is 44.1 Å². The first-order chi connectivity index (χ1) is 18.8. The van der Waals surface area contributed by atoms with Crippen molar-refractivity contribution in [2.24, 2.45) is 0 Å². The molecule has 0 spiro atoms. The lowest BCUT2D eigenvalue weighted by molar-refractivity contribution is -0.132. The average Bonchev–Trinajstić information content (AvgIpc) is 3.22. The zero-order valence-electron chi connectivity index (χ0n) is 23.4. The average molecular weight is 529 g/mol. The predicted octanol–water partition coefficient (Wildman–Crippen LogP) is 6.30. The molecule has 1 fully saturated rings. The molecular weight excluding hydrogens is 492 g/mol. The lowest BCUT2D eigenvalue weighted by Crippen LogP contribution is -2.30. The molecule has 0 aliphatic carbocycles. The summed E-state index contributed by atoms with van der Waals surface area (Å²) in [7, 11) is 3.12. The second-order valence-electron chi connectivity index (χ2n) is 9.72. The number of amides is 1. The van der Waals surface area contributed by atoms with E-state index >= 15 is 0 Å². The minimum Gasteiger partial charge on any atom is -0.507 e. The second-order valence-corrected chi connectivity index (χ2v) is 9.72. The smallest absolute Gasteiger partial charge is 0.300 e. The molecule has 7 heteroatoms. The molecule has 7 nitrogen and oxygen atoms in total. The van der Waals surface area contributed by atoms with Crippen LogP contribution in [0.4, 0.5) is 11.4 Å². The summed E-state index contributed by atoms with van der Waals surface area (Å²) in [5.41, 5.74) is 3.56. The Balaban J connectivity index is 1.94. The third kappa shape index (κ3) is 5.09. The van der Waals surface area contributed by atoms with Gasteiger partial charge in [0, 0.05) is 24.3 Å². The largest absolute Gasteiger partial charge is 0.507 e. The van der Waals surface area contributed by atoms with Crippen molar-refractivity contribution in [3.8, 4) is 11.5 Å². The van der Waals surface area contributed by atoms with E-state index in [2.05, 4.69) is 18.7 Å². The minimum absolute atomic E-state index is 0.0290. The number of rotatable bonds is 9. The van der Waals surface area contributed by atoms with Gasteiger partial charge in [-0.3, -0.25) is 14.5 Å². The maximum absolute atomic E-state index is 13.6. The number of ether oxygens (including phenoxy) is 2. The van der Waals surface area contributed by atoms with Gasteiger partial charge >= 0.3 is 0 Å². The van der Waals surface area contributed by atoms with E-state index in [1.54, 1.807) is 43.5 Å². The Bertz CT molecular complexity index is 1390. The Kier molecular flexibility index (Phi) is 8.29. The molecule has 3 aromatic carbocycles. The summed E-state index contributed by atoms with van der Waals surface area (Å²) in [5, 5.41) is 11.6. The number of anilines is 2. The maximum atomic E-state index is 13.6. The molecular formula is C32H36N2O5. The molecule has 1 aliphatic rings. The number of hydrogen-bond donors (Lipinski definition) is 1. The molecule has 0 radical (unpaired) electrons. The number of carbonyl (C=O) groups excluding carboxylic acids is 2. The van der Waals surface area contributed by atoms with Gasteiger partial charge in [-0.1, -0.05) is 38.1 Å². The molecule has 1 saturated heterocycles. The standard InChI is InChI=1S/C32H36N2O5/c1-7-33(8-2)23-16-13-21(14-17-23)29-28(30(35)22-15-18-26(38-5)24(19-22)20(3)4)31(36)32(37)34(29)25-11-9-10-12-27(25)39-6/h9-20,29,35H,7-8H2,1-6H3/b30-28-. The fraction of sp³-hybridized carbons (Fsp3) is 0.312. The number of Topliss-reactive ketones (excluding diaryl/α,β-unsaturated/α-hetero) is 1. The third-order valence-corrected chi connectivity index (χ3v) is 7.25. The normalized spacial score (nSPS) is 16.6. The van der Waals surface area contributed by atoms with Crippen LogP contribution in [0.2, 0.25) is 0 Å². The van der Waals surface area contributed by atoms with Crippen LogP contribution < -0.4 is 19.3 Å². The summed E-state index contributed by atoms with van der Waals surface area (Å²) in [6.45, 7) is 9.94. The fourth-order valence-corrected chi connectivity index (χ4v) is 5.17. The van der Waals surface area contributed by atoms with Gasteiger partial charge in [0.15, 0.2) is 0 Å². The van der Waals surface area contributed by atoms with Gasteiger partial charge in [-0.2, -0.15) is 0 Å². The highest BCUT2D eigenvalue weighted by Crippen LogP contribution is 2.45. The Morgan fingerprint density at radius 1 is 0.923 bits per heavy atom. The SMILES string of the molecule is CCN(CC)c1ccc(C2/C(=C(/O)c3ccc(OC)c(C(C)C)c3)C(=O)C(=O)N2c2ccccc2OC)cc1. The number of ketones is 1. The quantitative estimate of drug-likeness (QED) is 0.200. The first-order valence-corrected chi connectivity index (χ1v) is 13.2. The molecule has 1 unspecified atom stereocenters. The molecule has 204 valence electrons. The van der Waals surface area contributed by atoms with Crippen molar-refractivity contribution in [2.45, 2.75) is 39.7 Å². The van der Waals surface area contributed by atoms with Gasteiger partial charge in [0.2, 0.25) is 0 Å². The van der Waals surface area contributed by atoms with Crippen molar-refractivity contribution >= 4 is 28.8 Å². The van der Waals surface area contributed by atoms with Crippen molar-refractivity contribution < 1.29 is 24.2 Å². The Hall–Kier alpha value is -4.26. The van der Waals surface area contributed by atoms with Gasteiger partial charge in [-0.15, -0.1) is 0 Å². The molecule has 1 aliphatic heterocycles. The van der Waals surface area contributed by atoms with Crippen molar-refractivity contribution in [2.75, 3.05) is 37.1 Å². The molecule has 1 atom stereocenters. The molecule has 39 heavy (non-hydrogen) atoms. The van der Waals surface area contributed by atoms with E-state index in [9.17, 15) is 14.7 Å². The van der Waals surface area contributed by atoms with E-state index in [1.165, 1.54) is 12.0 Å². The number of aliphatic hydroxyl groups excluding tert-OH is 1. The second kappa shape index (κ2) is 11.6. The lowest BCUT2D eigenvalue weighted by atomic mass is 9.93. The summed E-state index contributed by atoms with van der Waals surface area (Å²) in [5.74, 6) is -0.440. The number of nitrogens with zero attached hydrogens (tertiary/aromatic N) is 2. The highest BCUT2D eigenvalue weighted by atomic mass is 16.5. The van der Waals surface area contributed by atoms with Crippen LogP contribution in [0.15, 0.2) is 72.3 Å². The molecule has 0 bridgehead atoms. The Morgan fingerprint density at radius 3 is 2.15 bits per heavy atom. The van der Waals surface area contributed by atoms with Crippen molar-refractivity contribution in [3.05, 3.63) is 89.0 Å². The van der Waals surface area contributed by atoms with Crippen LogP contribution in [0.25, 0.3) is 5.76 Å². The van der Waals surface area contributed by atoms with E-state index in [0.717, 1.165) is 24.3 Å². The molecule has 1 N–H and O–H groups in total. The molecule has 4 rings (SSSR count). The highest BCUT2D eigenvalue weighted by Gasteiger charge is 2.47. The number of aliphatic hydroxyl groups is 1. The lowest BCUT2D eigenvalue weighted by Gasteiger charge is -2.27. The van der Waals surface area contributed by atoms with Gasteiger partial charge in [-0.05, 0) is 73.4 Å². The number of methoxy groups -OCH3 is 2. The summed E-state index contributed by atoms with van der Waals surface area (Å²) in [4.78, 5) is 30.8. The minimum atomic E-state index is -0.850. The van der Waals surface area contributed by atoms with E-state index in [1.807, 2.05) is 44.2 Å². The Morgan fingerprint density at radius 2 is 1.56 bits per heavy atom. The van der Waals surface area contributed by atoms with Gasteiger partial charge in [0.05, 0.1) is 31.5 Å². The first kappa shape index (κ1) is 27.8. The van der Waals surface area contributed by atoms with Crippen LogP contribution in [0, 0.1) is 0 Å². The summed E-state index contributed by atoms with van der Waals surface area (Å²) in [6.07, 6.45) is 0. The van der Waals surface area contributed by atoms with Crippen molar-refractivity contribution in [3.63, 3.8) is 0 Å². The van der Waals surface area contributed by atoms with Crippen LogP contribution in [0.1, 0.15) is 56.3 Å². The van der Waals surface area contributed by atoms with Crippen molar-refractivity contribution in [1.29, 1.82) is 0 Å². The molecule has 1 heterocycles. The van der Waals surface area contributed by atoms with Crippen LogP contribution in [0.5, 0.6) is 11.5 Å². The van der Waals surface area contributed by atoms with Crippen LogP contribution in [0.3, 0.4) is 0 Å². The van der Waals surface area contributed by atoms with Gasteiger partial charge in [-0.25, -0.2) is 0 Å². The molecule has 0 saturated carbocycles. The summed E-state index contributed by atoms with van der Waals surface area (Å²) < 4.78 is 11.0. The zero-order chi connectivity index (χ0) is 28.3. The fourth-order valence-electron chi connectivity index (χ4n) is 5.17. The molecule has 3 aromatic rings. The topological polar surface area (TPSA) is 79.3 Å². The van der Waals surface area contributed by atoms with Gasteiger partial charge in [0.25, 0.3) is 11.7 Å². The van der Waals surface area contributed by atoms with Gasteiger partial charge < -0.3 is 19.5 Å². The number of hydrogen-bond acceptors (Lipinski definition) is 6. The molecule has 0 aromatic heterocycles. The predicted molar refractivity (Wildman–Crippen MR) is 155 cm³/mol. The van der Waals surface area contributed by atoms with Crippen LogP contribution >= 0.6 is 0 Å². The summed E-state index contributed by atoms with van der Waals surface area (Å²) in [6, 6.07) is 19.3. The summed E-state index contributed by atoms with van der Waals surface area (Å²) >= 11 is 0. The number of para-hydroxylation sites is 2. The highest BCUT2D eigenvalue weighted by molar-refractivity contribution is 6.52. The van der Waals surface area contributed by atoms with Crippen molar-refractivity contribution in [1.82, 2.24) is 0 Å². The Labute approximate surface area is 230 Å². The van der Waals surface area contributed by atoms with Crippen LogP contribution in [-0.2, 0) is 9.59 Å². The maximum Gasteiger partial charge on any atom is 0.300 e. The number of carbonyl (C=O) groups is 2. The molecule has 1 amide bonds. The van der Waals surface area contributed by atoms with E-state index in [0.29, 0.717) is 28.3 Å². The number of benzene rings is 3. The monoisotopic (exact) mass is 528 g/mol.